The summed E-state index contributed by atoms with van der Waals surface area (Å²) in [4.78, 5) is 48.2. The maximum Gasteiger partial charge on any atom is 0.328 e. The van der Waals surface area contributed by atoms with Crippen molar-refractivity contribution in [2.75, 3.05) is 13.2 Å². The van der Waals surface area contributed by atoms with E-state index in [0.29, 0.717) is 19.4 Å². The average molecular weight is 295 g/mol. The predicted octanol–water partition coefficient (Wildman–Crippen LogP) is -0.909. The van der Waals surface area contributed by atoms with Crippen molar-refractivity contribution in [3.8, 4) is 0 Å². The molecule has 0 aliphatic carbocycles. The Hall–Kier alpha value is -2.38. The summed E-state index contributed by atoms with van der Waals surface area (Å²) >= 11 is 0. The second kappa shape index (κ2) is 6.38. The molecule has 0 saturated carbocycles. The molecule has 0 radical (unpaired) electrons. The van der Waals surface area contributed by atoms with Crippen LogP contribution in [0.3, 0.4) is 0 Å². The molecule has 114 valence electrons. The lowest BCUT2D eigenvalue weighted by Gasteiger charge is -2.23. The van der Waals surface area contributed by atoms with E-state index >= 15 is 0 Å². The molecule has 0 aromatic carbocycles. The molecule has 8 heteroatoms. The minimum atomic E-state index is -0.608. The predicted molar refractivity (Wildman–Crippen MR) is 72.7 cm³/mol. The second-order valence-electron chi connectivity index (χ2n) is 4.73. The van der Waals surface area contributed by atoms with Crippen molar-refractivity contribution in [2.45, 2.75) is 32.4 Å². The van der Waals surface area contributed by atoms with E-state index in [4.69, 9.17) is 4.74 Å². The highest BCUT2D eigenvalue weighted by molar-refractivity contribution is 5.85. The Bertz CT molecular complexity index is 648. The van der Waals surface area contributed by atoms with Gasteiger partial charge < -0.3 is 9.64 Å². The highest BCUT2D eigenvalue weighted by Gasteiger charge is 2.35. The van der Waals surface area contributed by atoms with Crippen LogP contribution in [0, 0.1) is 0 Å². The zero-order valence-electron chi connectivity index (χ0n) is 11.7. The van der Waals surface area contributed by atoms with Crippen molar-refractivity contribution in [3.05, 3.63) is 32.8 Å². The summed E-state index contributed by atoms with van der Waals surface area (Å²) in [6.07, 6.45) is 1.25. The number of likely N-dealkylation sites (tertiary alicyclic amines) is 1. The van der Waals surface area contributed by atoms with Gasteiger partial charge in [0.15, 0.2) is 0 Å². The monoisotopic (exact) mass is 295 g/mol. The number of aromatic nitrogens is 2. The van der Waals surface area contributed by atoms with Gasteiger partial charge in [0.25, 0.3) is 11.1 Å². The van der Waals surface area contributed by atoms with E-state index in [-0.39, 0.29) is 13.2 Å². The highest BCUT2D eigenvalue weighted by atomic mass is 16.5. The summed E-state index contributed by atoms with van der Waals surface area (Å²) < 4.78 is 5.88. The van der Waals surface area contributed by atoms with E-state index in [1.54, 1.807) is 6.92 Å². The first-order chi connectivity index (χ1) is 10.0. The third kappa shape index (κ3) is 3.39. The zero-order valence-corrected chi connectivity index (χ0v) is 11.7. The minimum absolute atomic E-state index is 0.253. The van der Waals surface area contributed by atoms with Crippen molar-refractivity contribution in [2.24, 2.45) is 0 Å². The molecule has 1 unspecified atom stereocenters. The lowest BCUT2D eigenvalue weighted by Crippen LogP contribution is -2.44. The van der Waals surface area contributed by atoms with Gasteiger partial charge in [-0.2, -0.15) is 0 Å². The Morgan fingerprint density at radius 3 is 2.86 bits per heavy atom. The van der Waals surface area contributed by atoms with E-state index in [9.17, 15) is 19.2 Å². The van der Waals surface area contributed by atoms with Crippen LogP contribution in [0.15, 0.2) is 21.7 Å². The number of aromatic amines is 1. The maximum atomic E-state index is 12.2. The van der Waals surface area contributed by atoms with Crippen LogP contribution in [0.1, 0.15) is 19.8 Å². The molecular formula is C13H17N3O5. The summed E-state index contributed by atoms with van der Waals surface area (Å²) in [5, 5.41) is 2.28. The number of hydrogen-bond acceptors (Lipinski definition) is 5. The van der Waals surface area contributed by atoms with E-state index in [1.165, 1.54) is 4.90 Å². The number of H-pyrrole nitrogens is 1. The Labute approximate surface area is 120 Å². The smallest absolute Gasteiger partial charge is 0.328 e. The van der Waals surface area contributed by atoms with Crippen LogP contribution >= 0.6 is 0 Å². The topological polar surface area (TPSA) is 101 Å². The molecule has 1 amide bonds. The third-order valence-electron chi connectivity index (χ3n) is 3.31. The molecule has 1 fully saturated rings. The SMILES string of the molecule is CCOC(=O)C1CCCN1C(=O)Cn1[nH]c(=O)ccc1=O. The molecule has 1 aliphatic heterocycles. The quantitative estimate of drug-likeness (QED) is 0.725. The number of hydrogen-bond donors (Lipinski definition) is 1. The second-order valence-corrected chi connectivity index (χ2v) is 4.73. The fourth-order valence-corrected chi connectivity index (χ4v) is 2.35. The van der Waals surface area contributed by atoms with Crippen molar-refractivity contribution in [1.82, 2.24) is 14.7 Å². The van der Waals surface area contributed by atoms with Crippen molar-refractivity contribution in [1.29, 1.82) is 0 Å². The summed E-state index contributed by atoms with van der Waals surface area (Å²) in [5.74, 6) is -0.827. The zero-order chi connectivity index (χ0) is 15.4. The highest BCUT2D eigenvalue weighted by Crippen LogP contribution is 2.18. The Morgan fingerprint density at radius 2 is 2.14 bits per heavy atom. The molecule has 1 aromatic heterocycles. The van der Waals surface area contributed by atoms with Gasteiger partial charge in [-0.25, -0.2) is 9.48 Å². The first-order valence-electron chi connectivity index (χ1n) is 6.79. The normalized spacial score (nSPS) is 17.8. The van der Waals surface area contributed by atoms with Crippen molar-refractivity contribution in [3.63, 3.8) is 0 Å². The molecule has 1 N–H and O–H groups in total. The Kier molecular flexibility index (Phi) is 4.56. The van der Waals surface area contributed by atoms with Crippen molar-refractivity contribution >= 4 is 11.9 Å². The molecule has 8 nitrogen and oxygen atoms in total. The van der Waals surface area contributed by atoms with Gasteiger partial charge in [0.1, 0.15) is 12.6 Å². The van der Waals surface area contributed by atoms with Gasteiger partial charge in [-0.3, -0.25) is 19.5 Å². The summed E-state index contributed by atoms with van der Waals surface area (Å²) in [5.41, 5.74) is -0.944. The van der Waals surface area contributed by atoms with E-state index < -0.39 is 29.0 Å². The third-order valence-corrected chi connectivity index (χ3v) is 3.31. The lowest BCUT2D eigenvalue weighted by atomic mass is 10.2. The first-order valence-corrected chi connectivity index (χ1v) is 6.79. The number of esters is 1. The van der Waals surface area contributed by atoms with Gasteiger partial charge in [-0.15, -0.1) is 0 Å². The molecular weight excluding hydrogens is 278 g/mol. The van der Waals surface area contributed by atoms with Crippen LogP contribution in [-0.4, -0.2) is 45.8 Å². The van der Waals surface area contributed by atoms with Crippen LogP contribution in [-0.2, 0) is 20.9 Å². The van der Waals surface area contributed by atoms with Gasteiger partial charge in [0.05, 0.1) is 6.61 Å². The number of rotatable bonds is 4. The van der Waals surface area contributed by atoms with Gasteiger partial charge in [-0.1, -0.05) is 0 Å². The Balaban J connectivity index is 2.12. The number of nitrogens with zero attached hydrogens (tertiary/aromatic N) is 2. The maximum absolute atomic E-state index is 12.2. The van der Waals surface area contributed by atoms with Crippen LogP contribution in [0.5, 0.6) is 0 Å². The number of nitrogens with one attached hydrogen (secondary N) is 1. The number of carbonyl (C=O) groups excluding carboxylic acids is 2. The molecule has 2 heterocycles. The summed E-state index contributed by atoms with van der Waals surface area (Å²) in [7, 11) is 0. The average Bonchev–Trinajstić information content (AvgIpc) is 2.92. The summed E-state index contributed by atoms with van der Waals surface area (Å²) in [6.45, 7) is 2.09. The molecule has 21 heavy (non-hydrogen) atoms. The van der Waals surface area contributed by atoms with E-state index in [2.05, 4.69) is 5.10 Å². The van der Waals surface area contributed by atoms with Gasteiger partial charge in [0, 0.05) is 18.7 Å². The molecule has 1 aliphatic rings. The van der Waals surface area contributed by atoms with Crippen LogP contribution in [0.4, 0.5) is 0 Å². The molecule has 0 spiro atoms. The van der Waals surface area contributed by atoms with Crippen molar-refractivity contribution < 1.29 is 14.3 Å². The molecule has 1 saturated heterocycles. The molecule has 2 rings (SSSR count). The fourth-order valence-electron chi connectivity index (χ4n) is 2.35. The molecule has 1 atom stereocenters. The number of ether oxygens (including phenoxy) is 1. The van der Waals surface area contributed by atoms with Gasteiger partial charge >= 0.3 is 5.97 Å². The lowest BCUT2D eigenvalue weighted by molar-refractivity contribution is -0.153. The molecule has 0 bridgehead atoms. The van der Waals surface area contributed by atoms with E-state index in [0.717, 1.165) is 16.8 Å². The van der Waals surface area contributed by atoms with Crippen LogP contribution in [0.2, 0.25) is 0 Å². The Morgan fingerprint density at radius 1 is 1.38 bits per heavy atom. The fraction of sp³-hybridized carbons (Fsp3) is 0.538. The van der Waals surface area contributed by atoms with Crippen LogP contribution < -0.4 is 11.1 Å². The molecule has 1 aromatic rings. The minimum Gasteiger partial charge on any atom is -0.464 e. The number of amides is 1. The standard InChI is InChI=1S/C13H17N3O5/c1-2-21-13(20)9-4-3-7-15(9)12(19)8-16-11(18)6-5-10(17)14-16/h5-6,9H,2-4,7-8H2,1H3,(H,14,17). The first kappa shape index (κ1) is 15.0. The largest absolute Gasteiger partial charge is 0.464 e. The van der Waals surface area contributed by atoms with Gasteiger partial charge in [-0.05, 0) is 19.8 Å². The summed E-state index contributed by atoms with van der Waals surface area (Å²) in [6, 6.07) is 1.59. The van der Waals surface area contributed by atoms with Crippen LogP contribution in [0.25, 0.3) is 0 Å². The number of carbonyl (C=O) groups is 2. The van der Waals surface area contributed by atoms with E-state index in [1.807, 2.05) is 0 Å². The van der Waals surface area contributed by atoms with Gasteiger partial charge in [0.2, 0.25) is 5.91 Å².